The zero-order valence-electron chi connectivity index (χ0n) is 18.2. The van der Waals surface area contributed by atoms with Gasteiger partial charge in [-0.05, 0) is 55.2 Å². The number of nitrogens with one attached hydrogen (secondary N) is 3. The zero-order valence-corrected chi connectivity index (χ0v) is 18.2. The molecule has 0 atom stereocenters. The van der Waals surface area contributed by atoms with Gasteiger partial charge in [-0.15, -0.1) is 0 Å². The Bertz CT molecular complexity index is 950. The van der Waals surface area contributed by atoms with Crippen LogP contribution < -0.4 is 20.8 Å². The molecule has 0 radical (unpaired) electrons. The first-order valence-electron chi connectivity index (χ1n) is 9.96. The highest BCUT2D eigenvalue weighted by Crippen LogP contribution is 2.17. The summed E-state index contributed by atoms with van der Waals surface area (Å²) >= 11 is 0. The van der Waals surface area contributed by atoms with Gasteiger partial charge in [-0.1, -0.05) is 32.0 Å². The van der Waals surface area contributed by atoms with Gasteiger partial charge in [0.25, 0.3) is 5.91 Å². The number of ether oxygens (including phenoxy) is 1. The van der Waals surface area contributed by atoms with Gasteiger partial charge < -0.3 is 15.4 Å². The van der Waals surface area contributed by atoms with Crippen LogP contribution in [0.5, 0.6) is 5.75 Å². The van der Waals surface area contributed by atoms with E-state index in [2.05, 4.69) is 21.2 Å². The monoisotopic (exact) mass is 424 g/mol. The Kier molecular flexibility index (Phi) is 8.75. The van der Waals surface area contributed by atoms with Crippen molar-refractivity contribution in [3.05, 3.63) is 59.2 Å². The van der Waals surface area contributed by atoms with Crippen LogP contribution in [-0.4, -0.2) is 37.1 Å². The molecular weight excluding hydrogens is 396 g/mol. The molecule has 0 saturated carbocycles. The Hall–Kier alpha value is -3.68. The minimum Gasteiger partial charge on any atom is -0.483 e. The number of nitrogens with zero attached hydrogens (tertiary/aromatic N) is 1. The topological polar surface area (TPSA) is 109 Å². The molecule has 0 aliphatic carbocycles. The first-order chi connectivity index (χ1) is 14.7. The van der Waals surface area contributed by atoms with Crippen LogP contribution in [0.15, 0.2) is 47.6 Å². The second kappa shape index (κ2) is 11.5. The first-order valence-corrected chi connectivity index (χ1v) is 9.96. The molecule has 3 N–H and O–H groups in total. The number of benzene rings is 2. The highest BCUT2D eigenvalue weighted by molar-refractivity contribution is 6.35. The quantitative estimate of drug-likeness (QED) is 0.344. The Morgan fingerprint density at radius 2 is 1.71 bits per heavy atom. The summed E-state index contributed by atoms with van der Waals surface area (Å²) in [5.74, 6) is -1.26. The summed E-state index contributed by atoms with van der Waals surface area (Å²) in [5, 5.41) is 9.11. The average molecular weight is 425 g/mol. The second-order valence-electron chi connectivity index (χ2n) is 7.55. The van der Waals surface area contributed by atoms with E-state index in [0.29, 0.717) is 23.5 Å². The van der Waals surface area contributed by atoms with Gasteiger partial charge in [-0.2, -0.15) is 5.10 Å². The van der Waals surface area contributed by atoms with Crippen LogP contribution in [0.2, 0.25) is 0 Å². The van der Waals surface area contributed by atoms with Crippen molar-refractivity contribution >= 4 is 29.6 Å². The maximum Gasteiger partial charge on any atom is 0.329 e. The third kappa shape index (κ3) is 8.30. The molecule has 0 saturated heterocycles. The summed E-state index contributed by atoms with van der Waals surface area (Å²) in [6.07, 6.45) is 1.35. The third-order valence-electron chi connectivity index (χ3n) is 4.03. The van der Waals surface area contributed by atoms with E-state index >= 15 is 0 Å². The Morgan fingerprint density at radius 3 is 2.39 bits per heavy atom. The summed E-state index contributed by atoms with van der Waals surface area (Å²) in [4.78, 5) is 35.6. The summed E-state index contributed by atoms with van der Waals surface area (Å²) < 4.78 is 5.61. The van der Waals surface area contributed by atoms with E-state index in [1.54, 1.807) is 24.3 Å². The number of aryl methyl sites for hydroxylation is 2. The van der Waals surface area contributed by atoms with E-state index in [-0.39, 0.29) is 18.4 Å². The fourth-order valence-corrected chi connectivity index (χ4v) is 2.69. The van der Waals surface area contributed by atoms with Crippen LogP contribution in [0.4, 0.5) is 5.69 Å². The predicted octanol–water partition coefficient (Wildman–Crippen LogP) is 2.54. The van der Waals surface area contributed by atoms with Gasteiger partial charge in [-0.25, -0.2) is 5.43 Å². The van der Waals surface area contributed by atoms with E-state index in [4.69, 9.17) is 4.74 Å². The van der Waals surface area contributed by atoms with Gasteiger partial charge in [0.1, 0.15) is 5.75 Å². The minimum absolute atomic E-state index is 0.193. The van der Waals surface area contributed by atoms with Crippen LogP contribution >= 0.6 is 0 Å². The highest BCUT2D eigenvalue weighted by atomic mass is 16.5. The Labute approximate surface area is 182 Å². The number of hydrogen-bond donors (Lipinski definition) is 3. The maximum absolute atomic E-state index is 12.2. The average Bonchev–Trinajstić information content (AvgIpc) is 2.70. The fourth-order valence-electron chi connectivity index (χ4n) is 2.69. The molecule has 0 heterocycles. The molecule has 0 aliphatic rings. The van der Waals surface area contributed by atoms with Crippen molar-refractivity contribution in [2.45, 2.75) is 27.7 Å². The van der Waals surface area contributed by atoms with E-state index in [9.17, 15) is 14.4 Å². The number of hydrogen-bond acceptors (Lipinski definition) is 5. The molecule has 0 spiro atoms. The van der Waals surface area contributed by atoms with Crippen molar-refractivity contribution in [3.8, 4) is 5.75 Å². The van der Waals surface area contributed by atoms with Crippen LogP contribution in [0, 0.1) is 19.8 Å². The standard InChI is InChI=1S/C23H28N4O4/c1-15(2)12-24-22(29)23(30)27-25-13-18-7-5-6-8-20(18)31-14-21(28)26-19-10-16(3)9-17(4)11-19/h5-11,13,15H,12,14H2,1-4H3,(H,24,29)(H,26,28)(H,27,30)/b25-13-. The summed E-state index contributed by atoms with van der Waals surface area (Å²) in [5.41, 5.74) is 5.53. The second-order valence-corrected chi connectivity index (χ2v) is 7.55. The summed E-state index contributed by atoms with van der Waals surface area (Å²) in [7, 11) is 0. The van der Waals surface area contributed by atoms with Gasteiger partial charge in [0.2, 0.25) is 0 Å². The fraction of sp³-hybridized carbons (Fsp3) is 0.304. The molecule has 0 unspecified atom stereocenters. The molecule has 0 bridgehead atoms. The molecule has 2 aromatic carbocycles. The molecule has 2 aromatic rings. The minimum atomic E-state index is -0.858. The van der Waals surface area contributed by atoms with Gasteiger partial charge in [0, 0.05) is 17.8 Å². The van der Waals surface area contributed by atoms with Gasteiger partial charge in [0.05, 0.1) is 6.21 Å². The number of carbonyl (C=O) groups excluding carboxylic acids is 3. The van der Waals surface area contributed by atoms with Crippen molar-refractivity contribution < 1.29 is 19.1 Å². The molecule has 8 heteroatoms. The molecule has 3 amide bonds. The van der Waals surface area contributed by atoms with E-state index in [1.807, 2.05) is 45.9 Å². The van der Waals surface area contributed by atoms with Crippen molar-refractivity contribution in [1.29, 1.82) is 0 Å². The van der Waals surface area contributed by atoms with E-state index in [0.717, 1.165) is 11.1 Å². The number of anilines is 1. The van der Waals surface area contributed by atoms with Crippen LogP contribution in [0.25, 0.3) is 0 Å². The Balaban J connectivity index is 1.91. The van der Waals surface area contributed by atoms with Gasteiger partial charge in [-0.3, -0.25) is 14.4 Å². The molecule has 0 fully saturated rings. The third-order valence-corrected chi connectivity index (χ3v) is 4.03. The molecular formula is C23H28N4O4. The smallest absolute Gasteiger partial charge is 0.329 e. The van der Waals surface area contributed by atoms with Crippen molar-refractivity contribution in [2.75, 3.05) is 18.5 Å². The number of hydrazone groups is 1. The lowest BCUT2D eigenvalue weighted by molar-refractivity contribution is -0.139. The molecule has 2 rings (SSSR count). The van der Waals surface area contributed by atoms with Crippen LogP contribution in [0.3, 0.4) is 0 Å². The molecule has 0 aliphatic heterocycles. The number of carbonyl (C=O) groups is 3. The first kappa shape index (κ1) is 23.6. The van der Waals surface area contributed by atoms with Crippen molar-refractivity contribution in [2.24, 2.45) is 11.0 Å². The lowest BCUT2D eigenvalue weighted by Crippen LogP contribution is -2.39. The van der Waals surface area contributed by atoms with E-state index < -0.39 is 11.8 Å². The summed E-state index contributed by atoms with van der Waals surface area (Å²) in [6, 6.07) is 12.7. The van der Waals surface area contributed by atoms with Gasteiger partial charge >= 0.3 is 11.8 Å². The van der Waals surface area contributed by atoms with Crippen molar-refractivity contribution in [1.82, 2.24) is 10.7 Å². The van der Waals surface area contributed by atoms with Crippen LogP contribution in [-0.2, 0) is 14.4 Å². The zero-order chi connectivity index (χ0) is 22.8. The number of para-hydroxylation sites is 1. The summed E-state index contributed by atoms with van der Waals surface area (Å²) in [6.45, 7) is 7.98. The number of amides is 3. The van der Waals surface area contributed by atoms with E-state index in [1.165, 1.54) is 6.21 Å². The largest absolute Gasteiger partial charge is 0.483 e. The maximum atomic E-state index is 12.2. The van der Waals surface area contributed by atoms with Gasteiger partial charge in [0.15, 0.2) is 6.61 Å². The lowest BCUT2D eigenvalue weighted by atomic mass is 10.1. The Morgan fingerprint density at radius 1 is 1.03 bits per heavy atom. The number of rotatable bonds is 8. The predicted molar refractivity (Wildman–Crippen MR) is 120 cm³/mol. The lowest BCUT2D eigenvalue weighted by Gasteiger charge is -2.10. The van der Waals surface area contributed by atoms with Crippen molar-refractivity contribution in [3.63, 3.8) is 0 Å². The normalized spacial score (nSPS) is 10.7. The highest BCUT2D eigenvalue weighted by Gasteiger charge is 2.12. The SMILES string of the molecule is Cc1cc(C)cc(NC(=O)COc2ccccc2/C=N\NC(=O)C(=O)NCC(C)C)c1. The molecule has 31 heavy (non-hydrogen) atoms. The van der Waals surface area contributed by atoms with Crippen LogP contribution in [0.1, 0.15) is 30.5 Å². The molecule has 0 aromatic heterocycles. The molecule has 8 nitrogen and oxygen atoms in total. The molecule has 164 valence electrons.